The molecule has 0 saturated carbocycles. The summed E-state index contributed by atoms with van der Waals surface area (Å²) in [5.74, 6) is 0. The Balaban J connectivity index is 1.96. The van der Waals surface area contributed by atoms with E-state index in [1.54, 1.807) is 12.1 Å². The first-order chi connectivity index (χ1) is 8.60. The lowest BCUT2D eigenvalue weighted by Crippen LogP contribution is -2.25. The molecule has 1 aliphatic heterocycles. The molecule has 0 unspecified atom stereocenters. The fourth-order valence-electron chi connectivity index (χ4n) is 1.85. The largest absolute Gasteiger partial charge is 0.394 e. The van der Waals surface area contributed by atoms with E-state index in [1.807, 2.05) is 0 Å². The Morgan fingerprint density at radius 3 is 2.61 bits per heavy atom. The smallest absolute Gasteiger partial charge is 0.269 e. The van der Waals surface area contributed by atoms with Gasteiger partial charge in [-0.25, -0.2) is 0 Å². The molecule has 1 heterocycles. The molecule has 1 aromatic rings. The molecule has 98 valence electrons. The van der Waals surface area contributed by atoms with Crippen LogP contribution in [0.1, 0.15) is 6.42 Å². The van der Waals surface area contributed by atoms with E-state index in [0.717, 1.165) is 0 Å². The Bertz CT molecular complexity index is 422. The molecule has 0 amide bonds. The van der Waals surface area contributed by atoms with Crippen LogP contribution in [-0.4, -0.2) is 40.2 Å². The highest BCUT2D eigenvalue weighted by Gasteiger charge is 2.33. The van der Waals surface area contributed by atoms with Gasteiger partial charge in [0.1, 0.15) is 12.3 Å². The molecule has 3 N–H and O–H groups in total. The molecule has 18 heavy (non-hydrogen) atoms. The molecular weight excluding hydrogens is 240 g/mol. The zero-order valence-corrected chi connectivity index (χ0v) is 9.52. The van der Waals surface area contributed by atoms with E-state index in [1.165, 1.54) is 12.1 Å². The van der Waals surface area contributed by atoms with Gasteiger partial charge in [-0.2, -0.15) is 0 Å². The van der Waals surface area contributed by atoms with Gasteiger partial charge in [0.25, 0.3) is 5.69 Å². The summed E-state index contributed by atoms with van der Waals surface area (Å²) in [6.45, 7) is -0.236. The molecule has 0 aliphatic carbocycles. The molecule has 7 nitrogen and oxygen atoms in total. The summed E-state index contributed by atoms with van der Waals surface area (Å²) in [5, 5.41) is 31.9. The number of hydrogen-bond donors (Lipinski definition) is 3. The lowest BCUT2D eigenvalue weighted by atomic mass is 10.2. The van der Waals surface area contributed by atoms with Gasteiger partial charge in [-0.3, -0.25) is 10.1 Å². The molecule has 0 spiro atoms. The summed E-state index contributed by atoms with van der Waals surface area (Å²) in [5.41, 5.74) is 0.678. The van der Waals surface area contributed by atoms with Crippen LogP contribution >= 0.6 is 0 Å². The Morgan fingerprint density at radius 1 is 1.44 bits per heavy atom. The van der Waals surface area contributed by atoms with Crippen LogP contribution in [0.15, 0.2) is 24.3 Å². The van der Waals surface area contributed by atoms with Crippen LogP contribution < -0.4 is 5.32 Å². The molecule has 3 atom stereocenters. The van der Waals surface area contributed by atoms with Crippen molar-refractivity contribution in [2.45, 2.75) is 24.9 Å². The maximum Gasteiger partial charge on any atom is 0.269 e. The van der Waals surface area contributed by atoms with Crippen molar-refractivity contribution in [3.63, 3.8) is 0 Å². The van der Waals surface area contributed by atoms with Gasteiger partial charge in [0.05, 0.1) is 17.6 Å². The van der Waals surface area contributed by atoms with E-state index >= 15 is 0 Å². The number of aliphatic hydroxyl groups excluding tert-OH is 2. The van der Waals surface area contributed by atoms with Crippen LogP contribution in [0.3, 0.4) is 0 Å². The zero-order chi connectivity index (χ0) is 13.1. The summed E-state index contributed by atoms with van der Waals surface area (Å²) in [4.78, 5) is 10.0. The van der Waals surface area contributed by atoms with E-state index in [9.17, 15) is 15.2 Å². The second kappa shape index (κ2) is 5.30. The Hall–Kier alpha value is -1.70. The van der Waals surface area contributed by atoms with Gasteiger partial charge >= 0.3 is 0 Å². The molecule has 2 rings (SSSR count). The molecule has 1 aliphatic rings. The van der Waals surface area contributed by atoms with Crippen molar-refractivity contribution in [3.8, 4) is 0 Å². The monoisotopic (exact) mass is 254 g/mol. The van der Waals surface area contributed by atoms with Gasteiger partial charge in [-0.05, 0) is 12.1 Å². The number of nitro benzene ring substituents is 1. The Labute approximate surface area is 103 Å². The minimum atomic E-state index is -0.703. The van der Waals surface area contributed by atoms with Crippen molar-refractivity contribution in [1.82, 2.24) is 0 Å². The number of benzene rings is 1. The van der Waals surface area contributed by atoms with Gasteiger partial charge in [-0.15, -0.1) is 0 Å². The molecule has 0 radical (unpaired) electrons. The van der Waals surface area contributed by atoms with Crippen LogP contribution in [0.5, 0.6) is 0 Å². The SMILES string of the molecule is O=[N+]([O-])c1ccc(N[C@@H]2C[C@H](O)[C@H](CO)O2)cc1. The molecular formula is C11H14N2O5. The number of hydrogen-bond acceptors (Lipinski definition) is 6. The number of nitro groups is 1. The fourth-order valence-corrected chi connectivity index (χ4v) is 1.85. The maximum absolute atomic E-state index is 10.5. The van der Waals surface area contributed by atoms with Crippen LogP contribution in [0.2, 0.25) is 0 Å². The third kappa shape index (κ3) is 2.76. The minimum absolute atomic E-state index is 0.0150. The molecule has 0 bridgehead atoms. The maximum atomic E-state index is 10.5. The van der Waals surface area contributed by atoms with E-state index in [-0.39, 0.29) is 12.3 Å². The summed E-state index contributed by atoms with van der Waals surface area (Å²) in [6, 6.07) is 5.91. The second-order valence-corrected chi connectivity index (χ2v) is 4.10. The van der Waals surface area contributed by atoms with Crippen molar-refractivity contribution >= 4 is 11.4 Å². The van der Waals surface area contributed by atoms with Crippen LogP contribution in [-0.2, 0) is 4.74 Å². The number of ether oxygens (including phenoxy) is 1. The number of non-ortho nitro benzene ring substituents is 1. The van der Waals surface area contributed by atoms with Crippen LogP contribution in [0, 0.1) is 10.1 Å². The lowest BCUT2D eigenvalue weighted by molar-refractivity contribution is -0.384. The first-order valence-corrected chi connectivity index (χ1v) is 5.55. The minimum Gasteiger partial charge on any atom is -0.394 e. The van der Waals surface area contributed by atoms with Gasteiger partial charge in [0.2, 0.25) is 0 Å². The van der Waals surface area contributed by atoms with E-state index < -0.39 is 23.4 Å². The number of anilines is 1. The first-order valence-electron chi connectivity index (χ1n) is 5.55. The molecule has 7 heteroatoms. The highest BCUT2D eigenvalue weighted by atomic mass is 16.6. The summed E-state index contributed by atoms with van der Waals surface area (Å²) < 4.78 is 5.36. The predicted molar refractivity (Wildman–Crippen MR) is 63.1 cm³/mol. The standard InChI is InChI=1S/C11H14N2O5/c14-6-10-9(15)5-11(18-10)12-7-1-3-8(4-2-7)13(16)17/h1-4,9-12,14-15H,5-6H2/t9-,10-,11-/m0/s1. The Morgan fingerprint density at radius 2 is 2.11 bits per heavy atom. The highest BCUT2D eigenvalue weighted by molar-refractivity contribution is 5.48. The molecule has 1 saturated heterocycles. The van der Waals surface area contributed by atoms with Crippen LogP contribution in [0.25, 0.3) is 0 Å². The van der Waals surface area contributed by atoms with E-state index in [2.05, 4.69) is 5.32 Å². The van der Waals surface area contributed by atoms with Crippen molar-refractivity contribution in [3.05, 3.63) is 34.4 Å². The van der Waals surface area contributed by atoms with Gasteiger partial charge in [-0.1, -0.05) is 0 Å². The summed E-state index contributed by atoms with van der Waals surface area (Å²) in [7, 11) is 0. The normalized spacial score (nSPS) is 27.1. The van der Waals surface area contributed by atoms with Crippen LogP contribution in [0.4, 0.5) is 11.4 Å². The third-order valence-corrected chi connectivity index (χ3v) is 2.81. The predicted octanol–water partition coefficient (Wildman–Crippen LogP) is 0.475. The molecule has 1 aromatic carbocycles. The van der Waals surface area contributed by atoms with Crippen molar-refractivity contribution in [1.29, 1.82) is 0 Å². The topological polar surface area (TPSA) is 105 Å². The zero-order valence-electron chi connectivity index (χ0n) is 9.52. The third-order valence-electron chi connectivity index (χ3n) is 2.81. The van der Waals surface area contributed by atoms with Crippen molar-refractivity contribution in [2.75, 3.05) is 11.9 Å². The number of rotatable bonds is 4. The summed E-state index contributed by atoms with van der Waals surface area (Å²) in [6.07, 6.45) is -1.33. The van der Waals surface area contributed by atoms with Gasteiger partial charge in [0, 0.05) is 24.2 Å². The number of nitrogens with zero attached hydrogens (tertiary/aromatic N) is 1. The quantitative estimate of drug-likeness (QED) is 0.533. The Kier molecular flexibility index (Phi) is 3.75. The van der Waals surface area contributed by atoms with Crippen molar-refractivity contribution < 1.29 is 19.9 Å². The number of aliphatic hydroxyl groups is 2. The first kappa shape index (κ1) is 12.7. The van der Waals surface area contributed by atoms with Crippen molar-refractivity contribution in [2.24, 2.45) is 0 Å². The van der Waals surface area contributed by atoms with Gasteiger partial charge < -0.3 is 20.3 Å². The second-order valence-electron chi connectivity index (χ2n) is 4.10. The van der Waals surface area contributed by atoms with E-state index in [0.29, 0.717) is 12.1 Å². The molecule has 1 fully saturated rings. The number of nitrogens with one attached hydrogen (secondary N) is 1. The average molecular weight is 254 g/mol. The average Bonchev–Trinajstić information content (AvgIpc) is 2.70. The van der Waals surface area contributed by atoms with Gasteiger partial charge in [0.15, 0.2) is 0 Å². The summed E-state index contributed by atoms with van der Waals surface area (Å²) >= 11 is 0. The molecule has 0 aromatic heterocycles. The highest BCUT2D eigenvalue weighted by Crippen LogP contribution is 2.23. The van der Waals surface area contributed by atoms with E-state index in [4.69, 9.17) is 9.84 Å². The fraction of sp³-hybridized carbons (Fsp3) is 0.455. The lowest BCUT2D eigenvalue weighted by Gasteiger charge is -2.14.